The minimum absolute atomic E-state index is 0.112. The molecule has 0 aliphatic carbocycles. The van der Waals surface area contributed by atoms with Crippen molar-refractivity contribution in [3.05, 3.63) is 52.8 Å². The van der Waals surface area contributed by atoms with Gasteiger partial charge in [0, 0.05) is 30.4 Å². The van der Waals surface area contributed by atoms with Gasteiger partial charge in [-0.3, -0.25) is 9.69 Å². The zero-order valence-electron chi connectivity index (χ0n) is 14.9. The molecule has 3 heterocycles. The molecule has 6 nitrogen and oxygen atoms in total. The Morgan fingerprint density at radius 2 is 1.74 bits per heavy atom. The number of nitrogens with zero attached hydrogens (tertiary/aromatic N) is 1. The van der Waals surface area contributed by atoms with Crippen molar-refractivity contribution in [1.82, 2.24) is 9.88 Å². The van der Waals surface area contributed by atoms with E-state index in [-0.39, 0.29) is 5.56 Å². The van der Waals surface area contributed by atoms with Crippen LogP contribution in [0.3, 0.4) is 0 Å². The number of ether oxygens (including phenoxy) is 2. The minimum Gasteiger partial charge on any atom is -0.488 e. The molecule has 0 radical (unpaired) electrons. The quantitative estimate of drug-likeness (QED) is 0.603. The Labute approximate surface area is 155 Å². The molecule has 0 bridgehead atoms. The Balaban J connectivity index is 1.53. The Hall–Kier alpha value is -2.83. The van der Waals surface area contributed by atoms with E-state index in [1.165, 1.54) is 0 Å². The fourth-order valence-electron chi connectivity index (χ4n) is 3.69. The van der Waals surface area contributed by atoms with Crippen LogP contribution >= 0.6 is 0 Å². The molecule has 0 spiro atoms. The normalized spacial score (nSPS) is 15.7. The van der Waals surface area contributed by atoms with Gasteiger partial charge in [0.1, 0.15) is 6.61 Å². The van der Waals surface area contributed by atoms with Gasteiger partial charge in [0.25, 0.3) is 5.56 Å². The number of hydrogen-bond acceptors (Lipinski definition) is 5. The van der Waals surface area contributed by atoms with Gasteiger partial charge in [-0.25, -0.2) is 0 Å². The lowest BCUT2D eigenvalue weighted by atomic mass is 10.1. The van der Waals surface area contributed by atoms with Crippen molar-refractivity contribution in [2.45, 2.75) is 0 Å². The predicted octanol–water partition coefficient (Wildman–Crippen LogP) is 3.14. The fraction of sp³-hybridized carbons (Fsp3) is 0.286. The van der Waals surface area contributed by atoms with Gasteiger partial charge >= 0.3 is 0 Å². The molecular weight excluding hydrogens is 344 g/mol. The number of aromatic amines is 1. The van der Waals surface area contributed by atoms with Gasteiger partial charge < -0.3 is 18.9 Å². The van der Waals surface area contributed by atoms with E-state index in [4.69, 9.17) is 13.9 Å². The fourth-order valence-corrected chi connectivity index (χ4v) is 3.69. The SMILES string of the molecule is O=c1[nH]c2c3cccc(OCCN4CCOCC4)c3oc2c2ccccc12. The van der Waals surface area contributed by atoms with Crippen LogP contribution in [-0.2, 0) is 4.74 Å². The lowest BCUT2D eigenvalue weighted by molar-refractivity contribution is 0.0323. The summed E-state index contributed by atoms with van der Waals surface area (Å²) in [5.41, 5.74) is 1.96. The topological polar surface area (TPSA) is 67.7 Å². The molecule has 4 aromatic rings. The molecule has 1 fully saturated rings. The van der Waals surface area contributed by atoms with Gasteiger partial charge in [-0.2, -0.15) is 0 Å². The second kappa shape index (κ2) is 6.72. The number of furan rings is 1. The maximum absolute atomic E-state index is 12.4. The summed E-state index contributed by atoms with van der Waals surface area (Å²) in [6.45, 7) is 4.85. The van der Waals surface area contributed by atoms with Gasteiger partial charge in [-0.15, -0.1) is 0 Å². The van der Waals surface area contributed by atoms with E-state index in [0.717, 1.165) is 43.6 Å². The average Bonchev–Trinajstić information content (AvgIpc) is 3.09. The van der Waals surface area contributed by atoms with E-state index < -0.39 is 0 Å². The third-order valence-corrected chi connectivity index (χ3v) is 5.10. The van der Waals surface area contributed by atoms with Crippen LogP contribution in [0.4, 0.5) is 0 Å². The van der Waals surface area contributed by atoms with Crippen LogP contribution in [0, 0.1) is 0 Å². The molecule has 0 amide bonds. The van der Waals surface area contributed by atoms with E-state index in [9.17, 15) is 4.79 Å². The predicted molar refractivity (Wildman–Crippen MR) is 105 cm³/mol. The highest BCUT2D eigenvalue weighted by atomic mass is 16.5. The van der Waals surface area contributed by atoms with E-state index in [2.05, 4.69) is 9.88 Å². The Morgan fingerprint density at radius 3 is 2.59 bits per heavy atom. The summed E-state index contributed by atoms with van der Waals surface area (Å²) in [6.07, 6.45) is 0. The van der Waals surface area contributed by atoms with Gasteiger partial charge in [-0.05, 0) is 18.2 Å². The van der Waals surface area contributed by atoms with E-state index in [1.807, 2.05) is 36.4 Å². The number of fused-ring (bicyclic) bond motifs is 5. The third kappa shape index (κ3) is 2.87. The highest BCUT2D eigenvalue weighted by Gasteiger charge is 2.16. The molecule has 27 heavy (non-hydrogen) atoms. The second-order valence-electron chi connectivity index (χ2n) is 6.74. The van der Waals surface area contributed by atoms with Crippen molar-refractivity contribution in [1.29, 1.82) is 0 Å². The Morgan fingerprint density at radius 1 is 0.963 bits per heavy atom. The molecule has 1 saturated heterocycles. The highest BCUT2D eigenvalue weighted by Crippen LogP contribution is 2.35. The first-order chi connectivity index (χ1) is 13.3. The third-order valence-electron chi connectivity index (χ3n) is 5.10. The number of nitrogens with one attached hydrogen (secondary N) is 1. The van der Waals surface area contributed by atoms with Crippen molar-refractivity contribution >= 4 is 32.8 Å². The van der Waals surface area contributed by atoms with Crippen LogP contribution < -0.4 is 10.3 Å². The van der Waals surface area contributed by atoms with Crippen molar-refractivity contribution in [2.24, 2.45) is 0 Å². The summed E-state index contributed by atoms with van der Waals surface area (Å²) >= 11 is 0. The summed E-state index contributed by atoms with van der Waals surface area (Å²) in [6, 6.07) is 13.3. The lowest BCUT2D eigenvalue weighted by Gasteiger charge is -2.26. The smallest absolute Gasteiger partial charge is 0.256 e. The number of hydrogen-bond donors (Lipinski definition) is 1. The molecule has 138 valence electrons. The van der Waals surface area contributed by atoms with Crippen molar-refractivity contribution in [3.8, 4) is 5.75 Å². The summed E-state index contributed by atoms with van der Waals surface area (Å²) in [7, 11) is 0. The molecule has 6 heteroatoms. The molecular formula is C21H20N2O4. The van der Waals surface area contributed by atoms with Crippen LogP contribution in [0.5, 0.6) is 5.75 Å². The first-order valence-corrected chi connectivity index (χ1v) is 9.20. The van der Waals surface area contributed by atoms with Crippen molar-refractivity contribution in [2.75, 3.05) is 39.5 Å². The first-order valence-electron chi connectivity index (χ1n) is 9.20. The maximum Gasteiger partial charge on any atom is 0.256 e. The van der Waals surface area contributed by atoms with Gasteiger partial charge in [0.2, 0.25) is 0 Å². The Kier molecular flexibility index (Phi) is 4.07. The molecule has 1 aliphatic heterocycles. The number of para-hydroxylation sites is 1. The largest absolute Gasteiger partial charge is 0.488 e. The molecule has 1 aliphatic rings. The molecule has 1 N–H and O–H groups in total. The van der Waals surface area contributed by atoms with Gasteiger partial charge in [-0.1, -0.05) is 24.3 Å². The molecule has 2 aromatic heterocycles. The second-order valence-corrected chi connectivity index (χ2v) is 6.74. The van der Waals surface area contributed by atoms with Gasteiger partial charge in [0.15, 0.2) is 16.9 Å². The molecule has 2 aromatic carbocycles. The minimum atomic E-state index is -0.112. The zero-order chi connectivity index (χ0) is 18.2. The van der Waals surface area contributed by atoms with Crippen molar-refractivity contribution in [3.63, 3.8) is 0 Å². The monoisotopic (exact) mass is 364 g/mol. The number of aromatic nitrogens is 1. The summed E-state index contributed by atoms with van der Waals surface area (Å²) in [4.78, 5) is 17.7. The molecule has 0 atom stereocenters. The van der Waals surface area contributed by atoms with Crippen molar-refractivity contribution < 1.29 is 13.9 Å². The highest BCUT2D eigenvalue weighted by molar-refractivity contribution is 6.13. The summed E-state index contributed by atoms with van der Waals surface area (Å²) in [5, 5.41) is 2.29. The van der Waals surface area contributed by atoms with Crippen LogP contribution in [-0.4, -0.2) is 49.3 Å². The van der Waals surface area contributed by atoms with E-state index in [1.54, 1.807) is 6.07 Å². The van der Waals surface area contributed by atoms with Crippen LogP contribution in [0.1, 0.15) is 0 Å². The number of H-pyrrole nitrogens is 1. The van der Waals surface area contributed by atoms with E-state index >= 15 is 0 Å². The van der Waals surface area contributed by atoms with Crippen LogP contribution in [0.25, 0.3) is 32.8 Å². The zero-order valence-corrected chi connectivity index (χ0v) is 14.9. The lowest BCUT2D eigenvalue weighted by Crippen LogP contribution is -2.38. The summed E-state index contributed by atoms with van der Waals surface area (Å²) in [5.74, 6) is 0.696. The van der Waals surface area contributed by atoms with Crippen LogP contribution in [0.2, 0.25) is 0 Å². The summed E-state index contributed by atoms with van der Waals surface area (Å²) < 4.78 is 17.6. The van der Waals surface area contributed by atoms with E-state index in [0.29, 0.717) is 34.4 Å². The van der Waals surface area contributed by atoms with Crippen LogP contribution in [0.15, 0.2) is 51.7 Å². The Bertz CT molecular complexity index is 1170. The number of rotatable bonds is 4. The molecule has 0 saturated carbocycles. The average molecular weight is 364 g/mol. The standard InChI is InChI=1S/C21H20N2O4/c24-21-15-5-2-1-4-14(15)20-18(22-21)16-6-3-7-17(19(16)27-20)26-13-10-23-8-11-25-12-9-23/h1-7H,8-13H2,(H,22,24). The number of benzene rings is 2. The first kappa shape index (κ1) is 16.4. The number of morpholine rings is 1. The number of pyridine rings is 1. The molecule has 0 unspecified atom stereocenters. The van der Waals surface area contributed by atoms with Gasteiger partial charge in [0.05, 0.1) is 24.1 Å². The maximum atomic E-state index is 12.4. The molecule has 5 rings (SSSR count).